The Bertz CT molecular complexity index is 786. The third-order valence-corrected chi connectivity index (χ3v) is 5.76. The summed E-state index contributed by atoms with van der Waals surface area (Å²) in [6, 6.07) is 5.75. The van der Waals surface area contributed by atoms with Crippen LogP contribution in [0.3, 0.4) is 0 Å². The first-order chi connectivity index (χ1) is 12.5. The van der Waals surface area contributed by atoms with Gasteiger partial charge in [0.25, 0.3) is 0 Å². The summed E-state index contributed by atoms with van der Waals surface area (Å²) in [4.78, 5) is 4.66. The fraction of sp³-hybridized carbons (Fsp3) is 0.444. The topological polar surface area (TPSA) is 36.3 Å². The van der Waals surface area contributed by atoms with Crippen LogP contribution in [0.1, 0.15) is 18.2 Å². The highest BCUT2D eigenvalue weighted by molar-refractivity contribution is 9.10. The van der Waals surface area contributed by atoms with Gasteiger partial charge in [0, 0.05) is 55.5 Å². The molecule has 3 rings (SSSR count). The molecule has 1 saturated heterocycles. The molecule has 26 heavy (non-hydrogen) atoms. The van der Waals surface area contributed by atoms with Crippen LogP contribution in [0.25, 0.3) is 0 Å². The van der Waals surface area contributed by atoms with Gasteiger partial charge in [-0.15, -0.1) is 0 Å². The Morgan fingerprint density at radius 2 is 2.04 bits per heavy atom. The number of hydrogen-bond acceptors (Lipinski definition) is 3. The van der Waals surface area contributed by atoms with Gasteiger partial charge in [0.1, 0.15) is 0 Å². The number of anilines is 1. The largest absolute Gasteiger partial charge is 0.346 e. The van der Waals surface area contributed by atoms with Crippen LogP contribution in [-0.4, -0.2) is 50.9 Å². The van der Waals surface area contributed by atoms with Crippen LogP contribution in [0.2, 0.25) is 5.02 Å². The van der Waals surface area contributed by atoms with E-state index >= 15 is 0 Å². The minimum Gasteiger partial charge on any atom is -0.346 e. The standard InChI is InChI=1S/C18H23BrClN5S/c1-3-25-12-14(13(2)22-25)11-23-6-8-24(9-7-23)18(26)21-17-5-4-15(19)10-16(17)20/h4-5,10,12H,3,6-9,11H2,1-2H3,(H,21,26). The summed E-state index contributed by atoms with van der Waals surface area (Å²) in [5.74, 6) is 0. The predicted molar refractivity (Wildman–Crippen MR) is 115 cm³/mol. The molecule has 5 nitrogen and oxygen atoms in total. The molecule has 0 amide bonds. The second-order valence-corrected chi connectivity index (χ2v) is 8.12. The highest BCUT2D eigenvalue weighted by atomic mass is 79.9. The minimum atomic E-state index is 0.656. The summed E-state index contributed by atoms with van der Waals surface area (Å²) in [5, 5.41) is 9.18. The first-order valence-corrected chi connectivity index (χ1v) is 10.3. The smallest absolute Gasteiger partial charge is 0.173 e. The van der Waals surface area contributed by atoms with Gasteiger partial charge < -0.3 is 10.2 Å². The van der Waals surface area contributed by atoms with Gasteiger partial charge >= 0.3 is 0 Å². The van der Waals surface area contributed by atoms with Crippen molar-refractivity contribution in [3.63, 3.8) is 0 Å². The predicted octanol–water partition coefficient (Wildman–Crippen LogP) is 4.14. The van der Waals surface area contributed by atoms with E-state index < -0.39 is 0 Å². The summed E-state index contributed by atoms with van der Waals surface area (Å²) in [5.41, 5.74) is 3.27. The summed E-state index contributed by atoms with van der Waals surface area (Å²) in [7, 11) is 0. The number of thiocarbonyl (C=S) groups is 1. The normalized spacial score (nSPS) is 15.3. The van der Waals surface area contributed by atoms with E-state index in [4.69, 9.17) is 23.8 Å². The Hall–Kier alpha value is -1.15. The molecule has 1 aliphatic heterocycles. The molecule has 2 aromatic rings. The van der Waals surface area contributed by atoms with Crippen LogP contribution in [0.5, 0.6) is 0 Å². The van der Waals surface area contributed by atoms with Crippen LogP contribution in [0.15, 0.2) is 28.9 Å². The number of benzene rings is 1. The van der Waals surface area contributed by atoms with Crippen LogP contribution in [0.4, 0.5) is 5.69 Å². The molecule has 0 spiro atoms. The lowest BCUT2D eigenvalue weighted by Crippen LogP contribution is -2.49. The third kappa shape index (κ3) is 4.76. The molecule has 1 aromatic heterocycles. The van der Waals surface area contributed by atoms with Gasteiger partial charge in [-0.25, -0.2) is 0 Å². The zero-order valence-corrected chi connectivity index (χ0v) is 18.2. The quantitative estimate of drug-likeness (QED) is 0.700. The van der Waals surface area contributed by atoms with Gasteiger partial charge in [0.15, 0.2) is 5.11 Å². The maximum atomic E-state index is 6.27. The number of rotatable bonds is 4. The van der Waals surface area contributed by atoms with E-state index in [0.29, 0.717) is 5.02 Å². The van der Waals surface area contributed by atoms with E-state index in [2.05, 4.69) is 56.2 Å². The third-order valence-electron chi connectivity index (χ3n) is 4.60. The number of aromatic nitrogens is 2. The Morgan fingerprint density at radius 3 is 2.65 bits per heavy atom. The zero-order valence-electron chi connectivity index (χ0n) is 15.0. The lowest BCUT2D eigenvalue weighted by molar-refractivity contribution is 0.176. The fourth-order valence-electron chi connectivity index (χ4n) is 3.01. The molecule has 0 unspecified atom stereocenters. The van der Waals surface area contributed by atoms with Gasteiger partial charge in [0.2, 0.25) is 0 Å². The number of piperazine rings is 1. The summed E-state index contributed by atoms with van der Waals surface area (Å²) >= 11 is 15.3. The molecule has 1 aromatic carbocycles. The number of hydrogen-bond donors (Lipinski definition) is 1. The van der Waals surface area contributed by atoms with Crippen molar-refractivity contribution in [2.45, 2.75) is 26.9 Å². The second-order valence-electron chi connectivity index (χ2n) is 6.41. The molecule has 140 valence electrons. The van der Waals surface area contributed by atoms with E-state index in [9.17, 15) is 0 Å². The molecule has 8 heteroatoms. The average molecular weight is 457 g/mol. The fourth-order valence-corrected chi connectivity index (χ4v) is 4.02. The second kappa shape index (κ2) is 8.69. The monoisotopic (exact) mass is 455 g/mol. The van der Waals surface area contributed by atoms with Crippen molar-refractivity contribution in [2.75, 3.05) is 31.5 Å². The van der Waals surface area contributed by atoms with Crippen LogP contribution >= 0.6 is 39.7 Å². The SMILES string of the molecule is CCn1cc(CN2CCN(C(=S)Nc3ccc(Br)cc3Cl)CC2)c(C)n1. The first kappa shape index (κ1) is 19.6. The molecule has 0 aliphatic carbocycles. The van der Waals surface area contributed by atoms with Crippen molar-refractivity contribution in [3.8, 4) is 0 Å². The van der Waals surface area contributed by atoms with Crippen LogP contribution in [-0.2, 0) is 13.1 Å². The van der Waals surface area contributed by atoms with Gasteiger partial charge in [0.05, 0.1) is 16.4 Å². The summed E-state index contributed by atoms with van der Waals surface area (Å²) in [6.07, 6.45) is 2.16. The van der Waals surface area contributed by atoms with E-state index in [-0.39, 0.29) is 0 Å². The van der Waals surface area contributed by atoms with Gasteiger partial charge in [-0.3, -0.25) is 9.58 Å². The Kier molecular flexibility index (Phi) is 6.55. The number of halogens is 2. The molecule has 1 fully saturated rings. The van der Waals surface area contributed by atoms with E-state index in [0.717, 1.165) is 60.2 Å². The van der Waals surface area contributed by atoms with Crippen molar-refractivity contribution >= 4 is 50.5 Å². The highest BCUT2D eigenvalue weighted by Gasteiger charge is 2.20. The van der Waals surface area contributed by atoms with Crippen molar-refractivity contribution in [1.82, 2.24) is 19.6 Å². The van der Waals surface area contributed by atoms with Crippen LogP contribution in [0, 0.1) is 6.92 Å². The minimum absolute atomic E-state index is 0.656. The zero-order chi connectivity index (χ0) is 18.7. The van der Waals surface area contributed by atoms with E-state index in [1.54, 1.807) is 0 Å². The van der Waals surface area contributed by atoms with Crippen molar-refractivity contribution < 1.29 is 0 Å². The van der Waals surface area contributed by atoms with Crippen molar-refractivity contribution in [2.24, 2.45) is 0 Å². The number of aryl methyl sites for hydroxylation is 2. The van der Waals surface area contributed by atoms with Gasteiger partial charge in [-0.1, -0.05) is 27.5 Å². The highest BCUT2D eigenvalue weighted by Crippen LogP contribution is 2.26. The molecule has 1 N–H and O–H groups in total. The van der Waals surface area contributed by atoms with Gasteiger partial charge in [-0.2, -0.15) is 5.10 Å². The number of nitrogens with one attached hydrogen (secondary N) is 1. The molecule has 1 aliphatic rings. The summed E-state index contributed by atoms with van der Waals surface area (Å²) in [6.45, 7) is 9.81. The van der Waals surface area contributed by atoms with Crippen molar-refractivity contribution in [1.29, 1.82) is 0 Å². The number of nitrogens with zero attached hydrogens (tertiary/aromatic N) is 4. The van der Waals surface area contributed by atoms with E-state index in [1.807, 2.05) is 22.9 Å². The maximum absolute atomic E-state index is 6.27. The molecule has 0 bridgehead atoms. The molecule has 0 atom stereocenters. The lowest BCUT2D eigenvalue weighted by atomic mass is 10.2. The summed E-state index contributed by atoms with van der Waals surface area (Å²) < 4.78 is 2.95. The molecular weight excluding hydrogens is 434 g/mol. The van der Waals surface area contributed by atoms with E-state index in [1.165, 1.54) is 5.56 Å². The average Bonchev–Trinajstić information content (AvgIpc) is 2.98. The molecule has 0 radical (unpaired) electrons. The molecular formula is C18H23BrClN5S. The Labute approximate surface area is 173 Å². The maximum Gasteiger partial charge on any atom is 0.173 e. The van der Waals surface area contributed by atoms with Crippen molar-refractivity contribution in [3.05, 3.63) is 45.1 Å². The Morgan fingerprint density at radius 1 is 1.31 bits per heavy atom. The van der Waals surface area contributed by atoms with Gasteiger partial charge in [-0.05, 0) is 44.3 Å². The van der Waals surface area contributed by atoms with Crippen LogP contribution < -0.4 is 5.32 Å². The first-order valence-electron chi connectivity index (χ1n) is 8.72. The lowest BCUT2D eigenvalue weighted by Gasteiger charge is -2.36. The Balaban J connectivity index is 1.52. The molecule has 2 heterocycles. The molecule has 0 saturated carbocycles.